The van der Waals surface area contributed by atoms with Crippen LogP contribution < -0.4 is 20.7 Å². The Bertz CT molecular complexity index is 1440. The van der Waals surface area contributed by atoms with E-state index in [2.05, 4.69) is 4.98 Å². The molecule has 0 aliphatic carbocycles. The summed E-state index contributed by atoms with van der Waals surface area (Å²) in [7, 11) is 3.08. The number of benzene rings is 1. The number of aromatic nitrogens is 3. The van der Waals surface area contributed by atoms with E-state index in [9.17, 15) is 19.2 Å². The van der Waals surface area contributed by atoms with Gasteiger partial charge in [0.25, 0.3) is 5.56 Å². The van der Waals surface area contributed by atoms with Gasteiger partial charge in [-0.2, -0.15) is 0 Å². The zero-order valence-electron chi connectivity index (χ0n) is 21.7. The second-order valence-corrected chi connectivity index (χ2v) is 8.70. The van der Waals surface area contributed by atoms with Crippen LogP contribution in [0, 0.1) is 0 Å². The van der Waals surface area contributed by atoms with Gasteiger partial charge in [0, 0.05) is 38.9 Å². The zero-order chi connectivity index (χ0) is 27.2. The molecule has 3 aromatic rings. The van der Waals surface area contributed by atoms with Crippen LogP contribution in [0.5, 0.6) is 11.5 Å². The number of aryl methyl sites for hydroxylation is 1. The smallest absolute Gasteiger partial charge is 0.409 e. The number of hydrogen-bond donors (Lipinski definition) is 0. The highest BCUT2D eigenvalue weighted by atomic mass is 16.6. The molecule has 0 unspecified atom stereocenters. The Balaban J connectivity index is 1.57. The molecular weight excluding hydrogens is 494 g/mol. The number of methoxy groups -OCH3 is 2. The van der Waals surface area contributed by atoms with Gasteiger partial charge in [0.2, 0.25) is 5.91 Å². The summed E-state index contributed by atoms with van der Waals surface area (Å²) >= 11 is 0. The third kappa shape index (κ3) is 5.48. The third-order valence-electron chi connectivity index (χ3n) is 6.51. The Kier molecular flexibility index (Phi) is 8.29. The normalized spacial score (nSPS) is 13.4. The van der Waals surface area contributed by atoms with E-state index in [0.29, 0.717) is 49.6 Å². The van der Waals surface area contributed by atoms with Crippen molar-refractivity contribution < 1.29 is 23.8 Å². The van der Waals surface area contributed by atoms with Crippen molar-refractivity contribution in [2.75, 3.05) is 47.0 Å². The number of carbonyl (C=O) groups is 2. The first-order valence-corrected chi connectivity index (χ1v) is 12.4. The summed E-state index contributed by atoms with van der Waals surface area (Å²) in [6, 6.07) is 8.62. The molecule has 1 fully saturated rings. The van der Waals surface area contributed by atoms with E-state index in [-0.39, 0.29) is 31.1 Å². The van der Waals surface area contributed by atoms with E-state index in [1.54, 1.807) is 48.1 Å². The SMILES string of the molecule is CCOC(=O)N1CCN(C(=O)Cn2c(=O)n(CCc3ccc(OC)c(OC)c3)c(=O)c3ncccc32)CC1. The first-order valence-electron chi connectivity index (χ1n) is 12.4. The molecule has 4 rings (SSSR count). The lowest BCUT2D eigenvalue weighted by molar-refractivity contribution is -0.133. The quantitative estimate of drug-likeness (QED) is 0.429. The number of nitrogens with zero attached hydrogens (tertiary/aromatic N) is 5. The Labute approximate surface area is 218 Å². The minimum Gasteiger partial charge on any atom is -0.493 e. The Morgan fingerprint density at radius 2 is 1.66 bits per heavy atom. The molecule has 1 aromatic carbocycles. The number of pyridine rings is 1. The summed E-state index contributed by atoms with van der Waals surface area (Å²) in [6.07, 6.45) is 1.44. The number of hydrogen-bond acceptors (Lipinski definition) is 8. The molecule has 0 radical (unpaired) electrons. The first kappa shape index (κ1) is 26.7. The monoisotopic (exact) mass is 525 g/mol. The molecule has 202 valence electrons. The first-order chi connectivity index (χ1) is 18.4. The van der Waals surface area contributed by atoms with E-state index >= 15 is 0 Å². The van der Waals surface area contributed by atoms with Gasteiger partial charge in [-0.25, -0.2) is 14.6 Å². The van der Waals surface area contributed by atoms with E-state index in [1.807, 2.05) is 6.07 Å². The number of rotatable bonds is 8. The Morgan fingerprint density at radius 3 is 2.34 bits per heavy atom. The van der Waals surface area contributed by atoms with Crippen molar-refractivity contribution in [1.29, 1.82) is 0 Å². The van der Waals surface area contributed by atoms with Gasteiger partial charge in [0.1, 0.15) is 6.54 Å². The average Bonchev–Trinajstić information content (AvgIpc) is 2.95. The van der Waals surface area contributed by atoms with Gasteiger partial charge in [-0.15, -0.1) is 0 Å². The van der Waals surface area contributed by atoms with Gasteiger partial charge in [-0.05, 0) is 43.2 Å². The summed E-state index contributed by atoms with van der Waals surface area (Å²) in [5, 5.41) is 0. The van der Waals surface area contributed by atoms with E-state index in [1.165, 1.54) is 17.9 Å². The van der Waals surface area contributed by atoms with Crippen LogP contribution >= 0.6 is 0 Å². The second-order valence-electron chi connectivity index (χ2n) is 8.70. The molecule has 1 aliphatic heterocycles. The van der Waals surface area contributed by atoms with Crippen LogP contribution in [0.2, 0.25) is 0 Å². The predicted molar refractivity (Wildman–Crippen MR) is 139 cm³/mol. The maximum atomic E-state index is 13.5. The van der Waals surface area contributed by atoms with Crippen molar-refractivity contribution in [3.8, 4) is 11.5 Å². The molecule has 0 bridgehead atoms. The number of ether oxygens (including phenoxy) is 3. The van der Waals surface area contributed by atoms with Gasteiger partial charge in [-0.3, -0.25) is 18.7 Å². The fourth-order valence-corrected chi connectivity index (χ4v) is 4.46. The lowest BCUT2D eigenvalue weighted by Crippen LogP contribution is -2.52. The molecule has 1 saturated heterocycles. The molecule has 0 atom stereocenters. The number of fused-ring (bicyclic) bond motifs is 1. The van der Waals surface area contributed by atoms with Crippen LogP contribution in [0.15, 0.2) is 46.1 Å². The van der Waals surface area contributed by atoms with Crippen LogP contribution in [0.4, 0.5) is 4.79 Å². The van der Waals surface area contributed by atoms with Crippen LogP contribution in [-0.4, -0.2) is 82.9 Å². The van der Waals surface area contributed by atoms with Crippen molar-refractivity contribution in [3.63, 3.8) is 0 Å². The van der Waals surface area contributed by atoms with Gasteiger partial charge in [-0.1, -0.05) is 6.07 Å². The standard InChI is InChI=1S/C26H31N5O7/c1-4-38-26(35)29-14-12-28(13-15-29)22(32)17-31-19-6-5-10-27-23(19)24(33)30(25(31)34)11-9-18-7-8-20(36-2)21(16-18)37-3/h5-8,10,16H,4,9,11-15,17H2,1-3H3. The highest BCUT2D eigenvalue weighted by Gasteiger charge is 2.26. The fraction of sp³-hybridized carbons (Fsp3) is 0.423. The molecule has 12 nitrogen and oxygen atoms in total. The number of amides is 2. The van der Waals surface area contributed by atoms with Crippen molar-refractivity contribution in [3.05, 3.63) is 62.9 Å². The number of piperazine rings is 1. The molecule has 0 spiro atoms. The lowest BCUT2D eigenvalue weighted by atomic mass is 10.1. The second kappa shape index (κ2) is 11.8. The minimum absolute atomic E-state index is 0.0894. The van der Waals surface area contributed by atoms with Crippen molar-refractivity contribution in [1.82, 2.24) is 23.9 Å². The molecule has 0 saturated carbocycles. The third-order valence-corrected chi connectivity index (χ3v) is 6.51. The highest BCUT2D eigenvalue weighted by molar-refractivity contribution is 5.80. The van der Waals surface area contributed by atoms with E-state index < -0.39 is 17.3 Å². The average molecular weight is 526 g/mol. The van der Waals surface area contributed by atoms with E-state index in [0.717, 1.165) is 10.1 Å². The van der Waals surface area contributed by atoms with Crippen molar-refractivity contribution >= 4 is 23.0 Å². The molecule has 3 heterocycles. The molecule has 2 amide bonds. The van der Waals surface area contributed by atoms with Crippen molar-refractivity contribution in [2.24, 2.45) is 0 Å². The molecule has 12 heteroatoms. The fourth-order valence-electron chi connectivity index (χ4n) is 4.46. The maximum absolute atomic E-state index is 13.5. The lowest BCUT2D eigenvalue weighted by Gasteiger charge is -2.34. The minimum atomic E-state index is -0.588. The van der Waals surface area contributed by atoms with Gasteiger partial charge >= 0.3 is 11.8 Å². The summed E-state index contributed by atoms with van der Waals surface area (Å²) in [4.78, 5) is 59.2. The van der Waals surface area contributed by atoms with Crippen LogP contribution in [0.3, 0.4) is 0 Å². The molecule has 2 aromatic heterocycles. The summed E-state index contributed by atoms with van der Waals surface area (Å²) in [5.74, 6) is 0.835. The summed E-state index contributed by atoms with van der Waals surface area (Å²) < 4.78 is 18.0. The largest absolute Gasteiger partial charge is 0.493 e. The predicted octanol–water partition coefficient (Wildman–Crippen LogP) is 1.12. The van der Waals surface area contributed by atoms with Gasteiger partial charge < -0.3 is 24.0 Å². The molecule has 1 aliphatic rings. The molecular formula is C26H31N5O7. The van der Waals surface area contributed by atoms with Gasteiger partial charge in [0.05, 0.1) is 26.3 Å². The summed E-state index contributed by atoms with van der Waals surface area (Å²) in [5.41, 5.74) is 0.146. The maximum Gasteiger partial charge on any atom is 0.409 e. The molecule has 0 N–H and O–H groups in total. The highest BCUT2D eigenvalue weighted by Crippen LogP contribution is 2.27. The van der Waals surface area contributed by atoms with Crippen molar-refractivity contribution in [2.45, 2.75) is 26.4 Å². The van der Waals surface area contributed by atoms with Crippen LogP contribution in [-0.2, 0) is 29.0 Å². The Hall–Kier alpha value is -4.35. The number of carbonyl (C=O) groups excluding carboxylic acids is 2. The molecule has 38 heavy (non-hydrogen) atoms. The van der Waals surface area contributed by atoms with Crippen LogP contribution in [0.1, 0.15) is 12.5 Å². The van der Waals surface area contributed by atoms with Crippen LogP contribution in [0.25, 0.3) is 11.0 Å². The summed E-state index contributed by atoms with van der Waals surface area (Å²) in [6.45, 7) is 3.18. The Morgan fingerprint density at radius 1 is 0.947 bits per heavy atom. The van der Waals surface area contributed by atoms with E-state index in [4.69, 9.17) is 14.2 Å². The van der Waals surface area contributed by atoms with Gasteiger partial charge in [0.15, 0.2) is 17.0 Å². The zero-order valence-corrected chi connectivity index (χ0v) is 21.7. The topological polar surface area (TPSA) is 125 Å².